The van der Waals surface area contributed by atoms with Gasteiger partial charge in [-0.05, 0) is 27.7 Å². The highest BCUT2D eigenvalue weighted by Crippen LogP contribution is 2.38. The van der Waals surface area contributed by atoms with Gasteiger partial charge in [0.05, 0.1) is 23.3 Å². The normalized spacial score (nSPS) is 23.3. The minimum Gasteiger partial charge on any atom is -0.478 e. The molecule has 0 unspecified atom stereocenters. The average molecular weight is 300 g/mol. The molecule has 116 valence electrons. The van der Waals surface area contributed by atoms with Crippen LogP contribution in [0.3, 0.4) is 0 Å². The van der Waals surface area contributed by atoms with E-state index < -0.39 is 24.7 Å². The molecule has 1 aromatic heterocycles. The predicted molar refractivity (Wildman–Crippen MR) is 73.0 cm³/mol. The summed E-state index contributed by atoms with van der Waals surface area (Å²) in [6, 6.07) is 0. The van der Waals surface area contributed by atoms with Crippen LogP contribution in [0.5, 0.6) is 5.88 Å². The second-order valence-corrected chi connectivity index (χ2v) is 6.42. The van der Waals surface area contributed by atoms with E-state index in [1.165, 1.54) is 4.68 Å². The van der Waals surface area contributed by atoms with Gasteiger partial charge in [-0.25, -0.2) is 13.5 Å². The number of aromatic nitrogens is 2. The molecule has 5 nitrogen and oxygen atoms in total. The molecule has 1 saturated heterocycles. The number of nitrogens with zero attached hydrogens (tertiary/aromatic N) is 2. The molecule has 3 rings (SSSR count). The first-order valence-electron chi connectivity index (χ1n) is 7.10. The Balaban J connectivity index is 2.04. The van der Waals surface area contributed by atoms with Crippen LogP contribution in [0, 0.1) is 0 Å². The lowest BCUT2D eigenvalue weighted by Crippen LogP contribution is -2.41. The van der Waals surface area contributed by atoms with Gasteiger partial charge < -0.3 is 14.0 Å². The molecule has 3 heterocycles. The lowest BCUT2D eigenvalue weighted by molar-refractivity contribution is 0.00578. The first kappa shape index (κ1) is 14.8. The lowest BCUT2D eigenvalue weighted by Gasteiger charge is -2.32. The highest BCUT2D eigenvalue weighted by Gasteiger charge is 2.54. The van der Waals surface area contributed by atoms with Crippen molar-refractivity contribution >= 4 is 12.6 Å². The van der Waals surface area contributed by atoms with Gasteiger partial charge in [-0.2, -0.15) is 5.10 Å². The quantitative estimate of drug-likeness (QED) is 0.783. The summed E-state index contributed by atoms with van der Waals surface area (Å²) >= 11 is 0. The largest absolute Gasteiger partial charge is 0.502 e. The Bertz CT molecular complexity index is 544. The summed E-state index contributed by atoms with van der Waals surface area (Å²) in [5.41, 5.74) is -1.28. The molecule has 1 fully saturated rings. The zero-order valence-electron chi connectivity index (χ0n) is 12.7. The molecular weight excluding hydrogens is 281 g/mol. The van der Waals surface area contributed by atoms with Gasteiger partial charge in [-0.3, -0.25) is 0 Å². The van der Waals surface area contributed by atoms with Crippen LogP contribution in [0.1, 0.15) is 46.2 Å². The van der Waals surface area contributed by atoms with Crippen molar-refractivity contribution in [2.24, 2.45) is 0 Å². The first-order chi connectivity index (χ1) is 9.73. The van der Waals surface area contributed by atoms with Crippen molar-refractivity contribution in [3.63, 3.8) is 0 Å². The number of rotatable bonds is 2. The van der Waals surface area contributed by atoms with Crippen LogP contribution in [-0.4, -0.2) is 34.7 Å². The number of ether oxygens (including phenoxy) is 1. The molecule has 0 aromatic carbocycles. The Hall–Kier alpha value is -1.15. The molecule has 21 heavy (non-hydrogen) atoms. The topological polar surface area (TPSA) is 45.5 Å². The summed E-state index contributed by atoms with van der Waals surface area (Å²) < 4.78 is 45.4. The van der Waals surface area contributed by atoms with E-state index in [1.54, 1.807) is 0 Å². The Morgan fingerprint density at radius 2 is 1.81 bits per heavy atom. The molecular formula is C13H19BF2N2O3. The molecule has 0 spiro atoms. The third-order valence-corrected chi connectivity index (χ3v) is 4.42. The maximum atomic E-state index is 13.3. The van der Waals surface area contributed by atoms with Crippen molar-refractivity contribution in [3.05, 3.63) is 5.69 Å². The number of aryl methyl sites for hydroxylation is 1. The fourth-order valence-electron chi connectivity index (χ4n) is 2.51. The molecule has 0 aliphatic carbocycles. The van der Waals surface area contributed by atoms with E-state index in [0.29, 0.717) is 19.0 Å². The molecule has 0 N–H and O–H groups in total. The Kier molecular flexibility index (Phi) is 3.29. The van der Waals surface area contributed by atoms with Crippen molar-refractivity contribution in [2.45, 2.75) is 58.3 Å². The molecule has 0 bridgehead atoms. The van der Waals surface area contributed by atoms with Gasteiger partial charge >= 0.3 is 7.12 Å². The van der Waals surface area contributed by atoms with Gasteiger partial charge in [0.2, 0.25) is 5.88 Å². The van der Waals surface area contributed by atoms with Crippen LogP contribution in [0.25, 0.3) is 0 Å². The number of alkyl halides is 2. The van der Waals surface area contributed by atoms with E-state index in [9.17, 15) is 8.78 Å². The van der Waals surface area contributed by atoms with Gasteiger partial charge in [0.1, 0.15) is 5.69 Å². The van der Waals surface area contributed by atoms with Crippen molar-refractivity contribution in [1.82, 2.24) is 9.78 Å². The van der Waals surface area contributed by atoms with Gasteiger partial charge in [0, 0.05) is 13.0 Å². The minimum atomic E-state index is -2.69. The SMILES string of the molecule is CC1(C)OB(c2c(C(F)F)nn3c2OCCC3)OC1(C)C. The summed E-state index contributed by atoms with van der Waals surface area (Å²) in [5, 5.41) is 3.97. The summed E-state index contributed by atoms with van der Waals surface area (Å²) in [6.45, 7) is 8.57. The zero-order valence-corrected chi connectivity index (χ0v) is 12.7. The fourth-order valence-corrected chi connectivity index (χ4v) is 2.51. The molecule has 8 heteroatoms. The summed E-state index contributed by atoms with van der Waals surface area (Å²) in [4.78, 5) is 0. The lowest BCUT2D eigenvalue weighted by atomic mass is 9.78. The van der Waals surface area contributed by atoms with Crippen LogP contribution < -0.4 is 10.2 Å². The molecule has 0 saturated carbocycles. The van der Waals surface area contributed by atoms with Crippen molar-refractivity contribution in [2.75, 3.05) is 6.61 Å². The molecule has 2 aliphatic heterocycles. The van der Waals surface area contributed by atoms with Gasteiger partial charge in [0.25, 0.3) is 6.43 Å². The Labute approximate surface area is 122 Å². The number of halogens is 2. The predicted octanol–water partition coefficient (Wildman–Crippen LogP) is 1.90. The van der Waals surface area contributed by atoms with E-state index >= 15 is 0 Å². The number of hydrogen-bond donors (Lipinski definition) is 0. The van der Waals surface area contributed by atoms with Gasteiger partial charge in [-0.1, -0.05) is 0 Å². The van der Waals surface area contributed by atoms with Crippen LogP contribution in [0.2, 0.25) is 0 Å². The van der Waals surface area contributed by atoms with Crippen LogP contribution in [0.15, 0.2) is 0 Å². The van der Waals surface area contributed by atoms with Crippen LogP contribution in [0.4, 0.5) is 8.78 Å². The highest BCUT2D eigenvalue weighted by molar-refractivity contribution is 6.63. The van der Waals surface area contributed by atoms with Gasteiger partial charge in [-0.15, -0.1) is 0 Å². The molecule has 0 radical (unpaired) electrons. The van der Waals surface area contributed by atoms with E-state index in [2.05, 4.69) is 5.10 Å². The minimum absolute atomic E-state index is 0.225. The van der Waals surface area contributed by atoms with E-state index in [1.807, 2.05) is 27.7 Å². The summed E-state index contributed by atoms with van der Waals surface area (Å²) in [6.07, 6.45) is -1.94. The smallest absolute Gasteiger partial charge is 0.478 e. The molecule has 0 atom stereocenters. The Morgan fingerprint density at radius 1 is 1.19 bits per heavy atom. The monoisotopic (exact) mass is 300 g/mol. The van der Waals surface area contributed by atoms with Crippen molar-refractivity contribution in [3.8, 4) is 5.88 Å². The molecule has 2 aliphatic rings. The summed E-state index contributed by atoms with van der Waals surface area (Å²) in [7, 11) is -0.888. The number of fused-ring (bicyclic) bond motifs is 1. The molecule has 0 amide bonds. The van der Waals surface area contributed by atoms with Crippen molar-refractivity contribution < 1.29 is 22.8 Å². The second-order valence-electron chi connectivity index (χ2n) is 6.42. The standard InChI is InChI=1S/C13H19BF2N2O3/c1-12(2)13(3,4)21-14(20-12)8-9(10(15)16)17-18-6-5-7-19-11(8)18/h10H,5-7H2,1-4H3. The number of hydrogen-bond acceptors (Lipinski definition) is 4. The van der Waals surface area contributed by atoms with Crippen molar-refractivity contribution in [1.29, 1.82) is 0 Å². The van der Waals surface area contributed by atoms with Crippen LogP contribution in [-0.2, 0) is 15.9 Å². The third-order valence-electron chi connectivity index (χ3n) is 4.42. The van der Waals surface area contributed by atoms with E-state index in [-0.39, 0.29) is 11.2 Å². The first-order valence-corrected chi connectivity index (χ1v) is 7.10. The highest BCUT2D eigenvalue weighted by atomic mass is 19.3. The molecule has 1 aromatic rings. The Morgan fingerprint density at radius 3 is 2.38 bits per heavy atom. The van der Waals surface area contributed by atoms with Gasteiger partial charge in [0.15, 0.2) is 0 Å². The zero-order chi connectivity index (χ0) is 15.4. The van der Waals surface area contributed by atoms with E-state index in [0.717, 1.165) is 6.42 Å². The second kappa shape index (κ2) is 4.68. The maximum absolute atomic E-state index is 13.3. The van der Waals surface area contributed by atoms with Crippen LogP contribution >= 0.6 is 0 Å². The fraction of sp³-hybridized carbons (Fsp3) is 0.769. The maximum Gasteiger partial charge on any atom is 0.502 e. The third kappa shape index (κ3) is 2.24. The van der Waals surface area contributed by atoms with E-state index in [4.69, 9.17) is 14.0 Å². The average Bonchev–Trinajstić information content (AvgIpc) is 2.85. The summed E-state index contributed by atoms with van der Waals surface area (Å²) in [5.74, 6) is 0.343.